The number of anilines is 1. The number of amides is 3. The molecule has 3 aromatic rings. The molecule has 0 spiro atoms. The summed E-state index contributed by atoms with van der Waals surface area (Å²) >= 11 is 12.1. The molecule has 0 aromatic heterocycles. The lowest BCUT2D eigenvalue weighted by Gasteiger charge is -2.45. The van der Waals surface area contributed by atoms with E-state index in [1.54, 1.807) is 18.2 Å². The number of ether oxygens (including phenoxy) is 1. The Morgan fingerprint density at radius 2 is 1.34 bits per heavy atom. The third-order valence-electron chi connectivity index (χ3n) is 7.78. The van der Waals surface area contributed by atoms with Crippen LogP contribution in [-0.4, -0.2) is 41.2 Å². The molecule has 1 fully saturated rings. The van der Waals surface area contributed by atoms with E-state index in [0.29, 0.717) is 0 Å². The van der Waals surface area contributed by atoms with E-state index in [-0.39, 0.29) is 27.6 Å². The Balaban J connectivity index is 1.21. The molecule has 4 aliphatic rings. The molecule has 2 bridgehead atoms. The van der Waals surface area contributed by atoms with Crippen LogP contribution >= 0.6 is 23.2 Å². The van der Waals surface area contributed by atoms with Crippen molar-refractivity contribution in [3.8, 4) is 0 Å². The van der Waals surface area contributed by atoms with Crippen molar-refractivity contribution in [2.24, 2.45) is 11.8 Å². The van der Waals surface area contributed by atoms with Crippen molar-refractivity contribution < 1.29 is 23.9 Å². The van der Waals surface area contributed by atoms with Crippen LogP contribution in [0.5, 0.6) is 0 Å². The van der Waals surface area contributed by atoms with Crippen LogP contribution in [-0.2, 0) is 23.9 Å². The molecule has 0 unspecified atom stereocenters. The molecule has 3 aliphatic carbocycles. The van der Waals surface area contributed by atoms with Gasteiger partial charge in [0.05, 0.1) is 27.6 Å². The number of rotatable bonds is 5. The second kappa shape index (κ2) is 9.26. The minimum atomic E-state index is -1.19. The minimum Gasteiger partial charge on any atom is -0.454 e. The zero-order valence-corrected chi connectivity index (χ0v) is 21.7. The fraction of sp³-hybridized carbons (Fsp3) is 0.241. The molecule has 0 saturated carbocycles. The van der Waals surface area contributed by atoms with E-state index in [1.807, 2.05) is 48.5 Å². The topological polar surface area (TPSA) is 92.8 Å². The van der Waals surface area contributed by atoms with Crippen LogP contribution in [0.4, 0.5) is 5.69 Å². The van der Waals surface area contributed by atoms with Gasteiger partial charge in [-0.15, -0.1) is 0 Å². The standard InChI is InChI=1S/C29H22Cl2N2O5/c1-14(29(37)38-13-21(34)32-20-12-6-11-19(30)26(20)31)33-27(35)24-22-15-7-2-3-8-16(15)23(25(24)28(33)36)18-10-5-4-9-17(18)22/h2-12,14,22-25H,13H2,1H3,(H,32,34)/t14-,22?,23?,24-,25-/m1/s1. The smallest absolute Gasteiger partial charge is 0.329 e. The molecule has 7 nitrogen and oxygen atoms in total. The molecule has 1 saturated heterocycles. The maximum Gasteiger partial charge on any atom is 0.329 e. The van der Waals surface area contributed by atoms with Gasteiger partial charge < -0.3 is 10.1 Å². The monoisotopic (exact) mass is 548 g/mol. The summed E-state index contributed by atoms with van der Waals surface area (Å²) in [5.41, 5.74) is 4.47. The predicted octanol–water partition coefficient (Wildman–Crippen LogP) is 4.76. The summed E-state index contributed by atoms with van der Waals surface area (Å²) in [4.78, 5) is 53.8. The molecule has 192 valence electrons. The van der Waals surface area contributed by atoms with E-state index in [9.17, 15) is 19.2 Å². The van der Waals surface area contributed by atoms with Crippen molar-refractivity contribution in [1.82, 2.24) is 4.90 Å². The highest BCUT2D eigenvalue weighted by Crippen LogP contribution is 2.61. The summed E-state index contributed by atoms with van der Waals surface area (Å²) in [7, 11) is 0. The van der Waals surface area contributed by atoms with Gasteiger partial charge in [-0.25, -0.2) is 4.79 Å². The first kappa shape index (κ1) is 24.6. The van der Waals surface area contributed by atoms with Crippen molar-refractivity contribution in [2.75, 3.05) is 11.9 Å². The average Bonchev–Trinajstić information content (AvgIpc) is 3.19. The van der Waals surface area contributed by atoms with E-state index in [2.05, 4.69) is 5.32 Å². The molecule has 3 aromatic carbocycles. The van der Waals surface area contributed by atoms with E-state index >= 15 is 0 Å². The number of carbonyl (C=O) groups is 4. The van der Waals surface area contributed by atoms with Gasteiger partial charge in [0, 0.05) is 11.8 Å². The molecule has 3 amide bonds. The van der Waals surface area contributed by atoms with Crippen LogP contribution in [0.2, 0.25) is 10.0 Å². The van der Waals surface area contributed by atoms with E-state index < -0.39 is 48.2 Å². The van der Waals surface area contributed by atoms with Crippen LogP contribution in [0.3, 0.4) is 0 Å². The van der Waals surface area contributed by atoms with Gasteiger partial charge in [0.1, 0.15) is 6.04 Å². The zero-order valence-electron chi connectivity index (χ0n) is 20.2. The molecule has 38 heavy (non-hydrogen) atoms. The molecule has 9 heteroatoms. The SMILES string of the molecule is C[C@H](C(=O)OCC(=O)Nc1cccc(Cl)c1Cl)N1C(=O)[C@@H]2C3c4ccccc4C(c4ccccc43)[C@H]2C1=O. The van der Waals surface area contributed by atoms with Gasteiger partial charge in [-0.3, -0.25) is 19.3 Å². The van der Waals surface area contributed by atoms with Crippen molar-refractivity contribution >= 4 is 52.6 Å². The minimum absolute atomic E-state index is 0.162. The second-order valence-corrected chi connectivity index (χ2v) is 10.5. The Morgan fingerprint density at radius 3 is 1.84 bits per heavy atom. The Morgan fingerprint density at radius 1 is 0.842 bits per heavy atom. The molecule has 3 atom stereocenters. The number of nitrogens with one attached hydrogen (secondary N) is 1. The van der Waals surface area contributed by atoms with Gasteiger partial charge in [-0.2, -0.15) is 0 Å². The van der Waals surface area contributed by atoms with Crippen LogP contribution in [0, 0.1) is 11.8 Å². The number of nitrogens with zero attached hydrogens (tertiary/aromatic N) is 1. The lowest BCUT2D eigenvalue weighted by Crippen LogP contribution is -2.45. The predicted molar refractivity (Wildman–Crippen MR) is 141 cm³/mol. The molecular weight excluding hydrogens is 527 g/mol. The quantitative estimate of drug-likeness (QED) is 0.366. The van der Waals surface area contributed by atoms with Crippen LogP contribution in [0.15, 0.2) is 66.7 Å². The second-order valence-electron chi connectivity index (χ2n) is 9.74. The highest BCUT2D eigenvalue weighted by Gasteiger charge is 2.62. The lowest BCUT2D eigenvalue weighted by atomic mass is 9.55. The van der Waals surface area contributed by atoms with Gasteiger partial charge in [0.15, 0.2) is 6.61 Å². The largest absolute Gasteiger partial charge is 0.454 e. The Bertz CT molecular complexity index is 1410. The highest BCUT2D eigenvalue weighted by molar-refractivity contribution is 6.44. The summed E-state index contributed by atoms with van der Waals surface area (Å²) in [6.45, 7) is 0.834. The average molecular weight is 549 g/mol. The summed E-state index contributed by atoms with van der Waals surface area (Å²) in [6.07, 6.45) is 0. The third-order valence-corrected chi connectivity index (χ3v) is 8.60. The van der Waals surface area contributed by atoms with Crippen LogP contribution in [0.1, 0.15) is 41.0 Å². The number of esters is 1. The van der Waals surface area contributed by atoms with Gasteiger partial charge in [0.25, 0.3) is 5.91 Å². The van der Waals surface area contributed by atoms with Crippen molar-refractivity contribution in [3.63, 3.8) is 0 Å². The number of benzene rings is 3. The molecule has 1 aliphatic heterocycles. The Kier molecular flexibility index (Phi) is 6.00. The van der Waals surface area contributed by atoms with Gasteiger partial charge in [0.2, 0.25) is 11.8 Å². The summed E-state index contributed by atoms with van der Waals surface area (Å²) in [5.74, 6) is -3.99. The first-order valence-corrected chi connectivity index (χ1v) is 13.0. The van der Waals surface area contributed by atoms with Gasteiger partial charge >= 0.3 is 5.97 Å². The van der Waals surface area contributed by atoms with Crippen molar-refractivity contribution in [3.05, 3.63) is 99.0 Å². The van der Waals surface area contributed by atoms with Crippen LogP contribution < -0.4 is 5.32 Å². The first-order chi connectivity index (χ1) is 18.3. The summed E-state index contributed by atoms with van der Waals surface area (Å²) in [5, 5.41) is 2.96. The maximum atomic E-state index is 13.7. The van der Waals surface area contributed by atoms with Crippen molar-refractivity contribution in [2.45, 2.75) is 24.8 Å². The number of hydrogen-bond acceptors (Lipinski definition) is 5. The van der Waals surface area contributed by atoms with Crippen molar-refractivity contribution in [1.29, 1.82) is 0 Å². The van der Waals surface area contributed by atoms with Gasteiger partial charge in [-0.05, 0) is 41.3 Å². The number of imide groups is 1. The number of likely N-dealkylation sites (tertiary alicyclic amines) is 1. The normalized spacial score (nSPS) is 23.4. The maximum absolute atomic E-state index is 13.7. The van der Waals surface area contributed by atoms with E-state index in [4.69, 9.17) is 27.9 Å². The summed E-state index contributed by atoms with van der Waals surface area (Å²) < 4.78 is 5.19. The number of halogens is 2. The molecule has 1 N–H and O–H groups in total. The van der Waals surface area contributed by atoms with Gasteiger partial charge in [-0.1, -0.05) is 77.8 Å². The highest BCUT2D eigenvalue weighted by atomic mass is 35.5. The molecule has 1 heterocycles. The third kappa shape index (κ3) is 3.64. The molecular formula is C29H22Cl2N2O5. The van der Waals surface area contributed by atoms with Crippen LogP contribution in [0.25, 0.3) is 0 Å². The first-order valence-electron chi connectivity index (χ1n) is 12.2. The fourth-order valence-electron chi connectivity index (χ4n) is 6.23. The van der Waals surface area contributed by atoms with E-state index in [0.717, 1.165) is 27.2 Å². The van der Waals surface area contributed by atoms with E-state index in [1.165, 1.54) is 6.92 Å². The molecule has 7 rings (SSSR count). The molecule has 0 radical (unpaired) electrons. The zero-order chi connectivity index (χ0) is 26.7. The lowest BCUT2D eigenvalue weighted by molar-refractivity contribution is -0.159. The summed E-state index contributed by atoms with van der Waals surface area (Å²) in [6, 6.07) is 19.4. The number of carbonyl (C=O) groups excluding carboxylic acids is 4. The Labute approximate surface area is 228 Å². The fourth-order valence-corrected chi connectivity index (χ4v) is 6.58. The Hall–Kier alpha value is -3.68. The number of hydrogen-bond donors (Lipinski definition) is 1.